The van der Waals surface area contributed by atoms with Crippen LogP contribution in [0.3, 0.4) is 0 Å². The number of halogens is 2. The molecule has 2 rings (SSSR count). The summed E-state index contributed by atoms with van der Waals surface area (Å²) in [5.41, 5.74) is 0.0937. The molecule has 0 aliphatic rings. The minimum absolute atomic E-state index is 0.0937. The van der Waals surface area contributed by atoms with Crippen LogP contribution in [0.4, 0.5) is 8.78 Å². The lowest BCUT2D eigenvalue weighted by atomic mass is 10.1. The molecule has 0 radical (unpaired) electrons. The molecule has 0 saturated heterocycles. The van der Waals surface area contributed by atoms with E-state index in [2.05, 4.69) is 10.1 Å². The van der Waals surface area contributed by atoms with E-state index in [4.69, 9.17) is 0 Å². The molecule has 1 amide bonds. The fourth-order valence-electron chi connectivity index (χ4n) is 1.74. The Hall–Kier alpha value is -1.95. The van der Waals surface area contributed by atoms with Gasteiger partial charge in [-0.15, -0.1) is 11.3 Å². The standard InChI is InChI=1S/C14H13F2NO2S/c1-9(12-7-4-8-20-12)17-13(18)10-5-2-3-6-11(10)19-14(15)16/h2-9,14H,1H3,(H,17,18). The number of amides is 1. The van der Waals surface area contributed by atoms with Crippen LogP contribution in [-0.2, 0) is 0 Å². The molecule has 0 saturated carbocycles. The summed E-state index contributed by atoms with van der Waals surface area (Å²) in [5.74, 6) is -0.569. The first-order valence-electron chi connectivity index (χ1n) is 5.96. The second kappa shape index (κ2) is 6.47. The smallest absolute Gasteiger partial charge is 0.387 e. The van der Waals surface area contributed by atoms with Crippen molar-refractivity contribution in [2.45, 2.75) is 19.6 Å². The van der Waals surface area contributed by atoms with Gasteiger partial charge in [0.25, 0.3) is 5.91 Å². The maximum atomic E-state index is 12.3. The maximum absolute atomic E-state index is 12.3. The Balaban J connectivity index is 2.13. The molecule has 0 spiro atoms. The van der Waals surface area contributed by atoms with E-state index in [-0.39, 0.29) is 17.4 Å². The van der Waals surface area contributed by atoms with Gasteiger partial charge >= 0.3 is 6.61 Å². The molecular formula is C14H13F2NO2S. The van der Waals surface area contributed by atoms with Crippen molar-refractivity contribution in [3.05, 3.63) is 52.2 Å². The minimum atomic E-state index is -2.96. The van der Waals surface area contributed by atoms with Gasteiger partial charge in [-0.1, -0.05) is 18.2 Å². The van der Waals surface area contributed by atoms with Crippen LogP contribution in [-0.4, -0.2) is 12.5 Å². The van der Waals surface area contributed by atoms with E-state index in [1.54, 1.807) is 6.07 Å². The van der Waals surface area contributed by atoms with Crippen LogP contribution < -0.4 is 10.1 Å². The van der Waals surface area contributed by atoms with Gasteiger partial charge in [-0.2, -0.15) is 8.78 Å². The van der Waals surface area contributed by atoms with Crippen LogP contribution in [0.5, 0.6) is 5.75 Å². The number of thiophene rings is 1. The SMILES string of the molecule is CC(NC(=O)c1ccccc1OC(F)F)c1cccs1. The van der Waals surface area contributed by atoms with Crippen LogP contribution in [0.1, 0.15) is 28.2 Å². The third-order valence-electron chi connectivity index (χ3n) is 2.67. The van der Waals surface area contributed by atoms with Crippen molar-refractivity contribution < 1.29 is 18.3 Å². The van der Waals surface area contributed by atoms with Crippen molar-refractivity contribution in [1.82, 2.24) is 5.32 Å². The first kappa shape index (κ1) is 14.5. The largest absolute Gasteiger partial charge is 0.434 e. The fourth-order valence-corrected chi connectivity index (χ4v) is 2.47. The van der Waals surface area contributed by atoms with Gasteiger partial charge < -0.3 is 10.1 Å². The third-order valence-corrected chi connectivity index (χ3v) is 3.72. The van der Waals surface area contributed by atoms with E-state index < -0.39 is 12.5 Å². The molecule has 1 N–H and O–H groups in total. The van der Waals surface area contributed by atoms with Crippen LogP contribution in [0.15, 0.2) is 41.8 Å². The van der Waals surface area contributed by atoms with Gasteiger partial charge in [-0.05, 0) is 30.5 Å². The lowest BCUT2D eigenvalue weighted by Crippen LogP contribution is -2.26. The van der Waals surface area contributed by atoms with Gasteiger partial charge in [0.05, 0.1) is 11.6 Å². The second-order valence-corrected chi connectivity index (χ2v) is 5.06. The number of carbonyl (C=O) groups excluding carboxylic acids is 1. The Morgan fingerprint density at radius 1 is 1.25 bits per heavy atom. The summed E-state index contributed by atoms with van der Waals surface area (Å²) in [5, 5.41) is 4.67. The van der Waals surface area contributed by atoms with Crippen molar-refractivity contribution in [3.63, 3.8) is 0 Å². The minimum Gasteiger partial charge on any atom is -0.434 e. The Morgan fingerprint density at radius 2 is 2.00 bits per heavy atom. The van der Waals surface area contributed by atoms with Crippen molar-refractivity contribution in [2.24, 2.45) is 0 Å². The summed E-state index contributed by atoms with van der Waals surface area (Å²) in [4.78, 5) is 13.1. The number of nitrogens with one attached hydrogen (secondary N) is 1. The molecular weight excluding hydrogens is 284 g/mol. The molecule has 1 aromatic heterocycles. The van der Waals surface area contributed by atoms with Crippen LogP contribution in [0, 0.1) is 0 Å². The highest BCUT2D eigenvalue weighted by atomic mass is 32.1. The molecule has 0 bridgehead atoms. The predicted molar refractivity (Wildman–Crippen MR) is 73.3 cm³/mol. The fraction of sp³-hybridized carbons (Fsp3) is 0.214. The number of hydrogen-bond acceptors (Lipinski definition) is 3. The highest BCUT2D eigenvalue weighted by Crippen LogP contribution is 2.23. The first-order chi connectivity index (χ1) is 9.58. The van der Waals surface area contributed by atoms with E-state index in [1.165, 1.54) is 29.5 Å². The van der Waals surface area contributed by atoms with Crippen molar-refractivity contribution >= 4 is 17.2 Å². The van der Waals surface area contributed by atoms with E-state index in [9.17, 15) is 13.6 Å². The van der Waals surface area contributed by atoms with Crippen molar-refractivity contribution in [1.29, 1.82) is 0 Å². The van der Waals surface area contributed by atoms with Crippen molar-refractivity contribution in [2.75, 3.05) is 0 Å². The average Bonchev–Trinajstić information content (AvgIpc) is 2.92. The molecule has 6 heteroatoms. The Kier molecular flexibility index (Phi) is 4.68. The molecule has 0 aliphatic carbocycles. The van der Waals surface area contributed by atoms with Crippen LogP contribution in [0.25, 0.3) is 0 Å². The second-order valence-electron chi connectivity index (χ2n) is 4.09. The summed E-state index contributed by atoms with van der Waals surface area (Å²) in [7, 11) is 0. The molecule has 106 valence electrons. The highest BCUT2D eigenvalue weighted by molar-refractivity contribution is 7.10. The van der Waals surface area contributed by atoms with E-state index in [0.717, 1.165) is 4.88 Å². The first-order valence-corrected chi connectivity index (χ1v) is 6.84. The molecule has 20 heavy (non-hydrogen) atoms. The maximum Gasteiger partial charge on any atom is 0.387 e. The Labute approximate surface area is 119 Å². The van der Waals surface area contributed by atoms with E-state index in [1.807, 2.05) is 24.4 Å². The monoisotopic (exact) mass is 297 g/mol. The number of alkyl halides is 2. The van der Waals surface area contributed by atoms with Gasteiger partial charge in [-0.25, -0.2) is 0 Å². The number of carbonyl (C=O) groups is 1. The van der Waals surface area contributed by atoms with Gasteiger partial charge in [0.2, 0.25) is 0 Å². The van der Waals surface area contributed by atoms with Crippen LogP contribution >= 0.6 is 11.3 Å². The lowest BCUT2D eigenvalue weighted by molar-refractivity contribution is -0.0501. The molecule has 2 aromatic rings. The zero-order valence-electron chi connectivity index (χ0n) is 10.7. The summed E-state index contributed by atoms with van der Waals surface area (Å²) in [6, 6.07) is 9.53. The number of rotatable bonds is 5. The predicted octanol–water partition coefficient (Wildman–Crippen LogP) is 3.84. The van der Waals surface area contributed by atoms with Crippen LogP contribution in [0.2, 0.25) is 0 Å². The molecule has 1 unspecified atom stereocenters. The quantitative estimate of drug-likeness (QED) is 0.910. The summed E-state index contributed by atoms with van der Waals surface area (Å²) in [6.45, 7) is -1.13. The molecule has 1 aromatic carbocycles. The average molecular weight is 297 g/mol. The lowest BCUT2D eigenvalue weighted by Gasteiger charge is -2.14. The Bertz CT molecular complexity index is 572. The number of hydrogen-bond donors (Lipinski definition) is 1. The topological polar surface area (TPSA) is 38.3 Å². The summed E-state index contributed by atoms with van der Waals surface area (Å²) < 4.78 is 28.9. The van der Waals surface area contributed by atoms with Gasteiger partial charge in [0.1, 0.15) is 5.75 Å². The van der Waals surface area contributed by atoms with Gasteiger partial charge in [0.15, 0.2) is 0 Å². The molecule has 1 heterocycles. The number of para-hydroxylation sites is 1. The number of ether oxygens (including phenoxy) is 1. The number of benzene rings is 1. The van der Waals surface area contributed by atoms with Gasteiger partial charge in [0, 0.05) is 4.88 Å². The summed E-state index contributed by atoms with van der Waals surface area (Å²) in [6.07, 6.45) is 0. The van der Waals surface area contributed by atoms with E-state index in [0.29, 0.717) is 0 Å². The van der Waals surface area contributed by atoms with Crippen molar-refractivity contribution in [3.8, 4) is 5.75 Å². The normalized spacial score (nSPS) is 12.2. The molecule has 3 nitrogen and oxygen atoms in total. The van der Waals surface area contributed by atoms with E-state index >= 15 is 0 Å². The third kappa shape index (κ3) is 3.54. The zero-order chi connectivity index (χ0) is 14.5. The zero-order valence-corrected chi connectivity index (χ0v) is 11.5. The highest BCUT2D eigenvalue weighted by Gasteiger charge is 2.17. The summed E-state index contributed by atoms with van der Waals surface area (Å²) >= 11 is 1.52. The molecule has 0 fully saturated rings. The Morgan fingerprint density at radius 3 is 2.65 bits per heavy atom. The molecule has 1 atom stereocenters. The van der Waals surface area contributed by atoms with Gasteiger partial charge in [-0.3, -0.25) is 4.79 Å². The molecule has 0 aliphatic heterocycles.